The molecule has 0 fully saturated rings. The maximum Gasteiger partial charge on any atom is 0.341 e. The highest BCUT2D eigenvalue weighted by molar-refractivity contribution is 6.37. The lowest BCUT2D eigenvalue weighted by Crippen LogP contribution is -2.36. The standard InChI is InChI=1S/C10H12Cl2N4O/c1-5-3-6(11)4-7(12)8(5)16(2)9(13)15-10(14)17/h3-4H,1-2H3,(H4,13,14,15,17). The summed E-state index contributed by atoms with van der Waals surface area (Å²) in [6, 6.07) is 2.45. The number of rotatable bonds is 1. The van der Waals surface area contributed by atoms with Crippen molar-refractivity contribution in [1.29, 1.82) is 0 Å². The van der Waals surface area contributed by atoms with Gasteiger partial charge in [0.2, 0.25) is 5.96 Å². The molecule has 2 amide bonds. The molecular weight excluding hydrogens is 263 g/mol. The molecule has 0 radical (unpaired) electrons. The molecule has 17 heavy (non-hydrogen) atoms. The minimum absolute atomic E-state index is 0.0372. The van der Waals surface area contributed by atoms with Gasteiger partial charge < -0.3 is 16.4 Å². The summed E-state index contributed by atoms with van der Waals surface area (Å²) in [6.07, 6.45) is 0. The third-order valence-electron chi connectivity index (χ3n) is 2.12. The van der Waals surface area contributed by atoms with E-state index >= 15 is 0 Å². The number of hydrogen-bond donors (Lipinski definition) is 2. The molecule has 1 aromatic rings. The quantitative estimate of drug-likeness (QED) is 0.608. The maximum atomic E-state index is 10.6. The first kappa shape index (κ1) is 13.6. The van der Waals surface area contributed by atoms with E-state index in [1.165, 1.54) is 4.90 Å². The van der Waals surface area contributed by atoms with Crippen molar-refractivity contribution < 1.29 is 4.79 Å². The Balaban J connectivity index is 3.21. The third-order valence-corrected chi connectivity index (χ3v) is 2.63. The first-order valence-electron chi connectivity index (χ1n) is 4.66. The average Bonchev–Trinajstić information content (AvgIpc) is 2.14. The summed E-state index contributed by atoms with van der Waals surface area (Å²) >= 11 is 11.9. The largest absolute Gasteiger partial charge is 0.369 e. The van der Waals surface area contributed by atoms with Crippen molar-refractivity contribution >= 4 is 40.9 Å². The molecule has 0 bridgehead atoms. The second-order valence-corrected chi connectivity index (χ2v) is 4.26. The minimum atomic E-state index is -0.864. The third kappa shape index (κ3) is 3.25. The van der Waals surface area contributed by atoms with Gasteiger partial charge in [0.1, 0.15) is 0 Å². The number of nitrogens with two attached hydrogens (primary N) is 2. The van der Waals surface area contributed by atoms with E-state index in [1.807, 2.05) is 6.92 Å². The molecule has 0 aromatic heterocycles. The zero-order valence-electron chi connectivity index (χ0n) is 9.37. The smallest absolute Gasteiger partial charge is 0.341 e. The number of halogens is 2. The Labute approximate surface area is 109 Å². The van der Waals surface area contributed by atoms with E-state index in [2.05, 4.69) is 4.99 Å². The second kappa shape index (κ2) is 5.25. The maximum absolute atomic E-state index is 10.6. The van der Waals surface area contributed by atoms with E-state index in [0.29, 0.717) is 15.7 Å². The highest BCUT2D eigenvalue weighted by atomic mass is 35.5. The minimum Gasteiger partial charge on any atom is -0.369 e. The Bertz CT molecular complexity index is 464. The molecule has 5 nitrogen and oxygen atoms in total. The van der Waals surface area contributed by atoms with E-state index in [-0.39, 0.29) is 5.96 Å². The van der Waals surface area contributed by atoms with Crippen molar-refractivity contribution in [3.05, 3.63) is 27.7 Å². The first-order chi connectivity index (χ1) is 7.82. The molecule has 0 aliphatic rings. The number of hydrogen-bond acceptors (Lipinski definition) is 1. The number of carbonyl (C=O) groups excluding carboxylic acids is 1. The van der Waals surface area contributed by atoms with Crippen LogP contribution in [0.15, 0.2) is 17.1 Å². The first-order valence-corrected chi connectivity index (χ1v) is 5.41. The average molecular weight is 275 g/mol. The number of urea groups is 1. The molecule has 0 aliphatic carbocycles. The Hall–Kier alpha value is -1.46. The van der Waals surface area contributed by atoms with Crippen LogP contribution in [-0.2, 0) is 0 Å². The molecule has 0 saturated carbocycles. The molecule has 1 rings (SSSR count). The van der Waals surface area contributed by atoms with Gasteiger partial charge in [0, 0.05) is 12.1 Å². The van der Waals surface area contributed by atoms with Crippen LogP contribution in [0.2, 0.25) is 10.0 Å². The number of benzene rings is 1. The van der Waals surface area contributed by atoms with Gasteiger partial charge in [0.05, 0.1) is 10.7 Å². The van der Waals surface area contributed by atoms with Gasteiger partial charge in [-0.15, -0.1) is 0 Å². The molecular formula is C10H12Cl2N4O. The zero-order chi connectivity index (χ0) is 13.2. The van der Waals surface area contributed by atoms with Crippen LogP contribution in [0.4, 0.5) is 10.5 Å². The number of anilines is 1. The van der Waals surface area contributed by atoms with Crippen LogP contribution in [0, 0.1) is 6.92 Å². The van der Waals surface area contributed by atoms with Gasteiger partial charge in [-0.25, -0.2) is 4.79 Å². The van der Waals surface area contributed by atoms with Gasteiger partial charge in [0.25, 0.3) is 0 Å². The lowest BCUT2D eigenvalue weighted by Gasteiger charge is -2.21. The van der Waals surface area contributed by atoms with Crippen LogP contribution in [-0.4, -0.2) is 19.0 Å². The van der Waals surface area contributed by atoms with Gasteiger partial charge in [-0.1, -0.05) is 23.2 Å². The van der Waals surface area contributed by atoms with E-state index in [0.717, 1.165) is 5.56 Å². The van der Waals surface area contributed by atoms with E-state index < -0.39 is 6.03 Å². The van der Waals surface area contributed by atoms with Crippen molar-refractivity contribution in [2.24, 2.45) is 16.5 Å². The van der Waals surface area contributed by atoms with Crippen molar-refractivity contribution in [2.75, 3.05) is 11.9 Å². The van der Waals surface area contributed by atoms with E-state index in [4.69, 9.17) is 34.7 Å². The Morgan fingerprint density at radius 3 is 2.41 bits per heavy atom. The monoisotopic (exact) mass is 274 g/mol. The Morgan fingerprint density at radius 1 is 1.35 bits per heavy atom. The lowest BCUT2D eigenvalue weighted by atomic mass is 10.2. The van der Waals surface area contributed by atoms with Gasteiger partial charge in [-0.3, -0.25) is 0 Å². The highest BCUT2D eigenvalue weighted by Crippen LogP contribution is 2.31. The normalized spacial score (nSPS) is 11.4. The van der Waals surface area contributed by atoms with Crippen LogP contribution >= 0.6 is 23.2 Å². The predicted octanol–water partition coefficient (Wildman–Crippen LogP) is 2.13. The lowest BCUT2D eigenvalue weighted by molar-refractivity contribution is 0.256. The molecule has 0 saturated heterocycles. The van der Waals surface area contributed by atoms with Crippen molar-refractivity contribution in [3.63, 3.8) is 0 Å². The Kier molecular flexibility index (Phi) is 4.20. The molecule has 0 aliphatic heterocycles. The number of aliphatic imine (C=N–C) groups is 1. The van der Waals surface area contributed by atoms with Crippen molar-refractivity contribution in [1.82, 2.24) is 0 Å². The van der Waals surface area contributed by atoms with Crippen LogP contribution in [0.3, 0.4) is 0 Å². The van der Waals surface area contributed by atoms with Gasteiger partial charge in [-0.05, 0) is 24.6 Å². The number of nitrogens with zero attached hydrogens (tertiary/aromatic N) is 2. The van der Waals surface area contributed by atoms with Gasteiger partial charge in [0.15, 0.2) is 0 Å². The Morgan fingerprint density at radius 2 is 1.94 bits per heavy atom. The molecule has 0 spiro atoms. The summed E-state index contributed by atoms with van der Waals surface area (Å²) in [4.78, 5) is 15.5. The fourth-order valence-corrected chi connectivity index (χ4v) is 2.14. The van der Waals surface area contributed by atoms with Gasteiger partial charge >= 0.3 is 6.03 Å². The zero-order valence-corrected chi connectivity index (χ0v) is 10.9. The number of guanidine groups is 1. The molecule has 4 N–H and O–H groups in total. The van der Waals surface area contributed by atoms with Crippen LogP contribution in [0.25, 0.3) is 0 Å². The van der Waals surface area contributed by atoms with Crippen LogP contribution in [0.1, 0.15) is 5.56 Å². The summed E-state index contributed by atoms with van der Waals surface area (Å²) in [5, 5.41) is 0.940. The summed E-state index contributed by atoms with van der Waals surface area (Å²) in [7, 11) is 1.63. The molecule has 7 heteroatoms. The number of aryl methyl sites for hydroxylation is 1. The van der Waals surface area contributed by atoms with E-state index in [1.54, 1.807) is 19.2 Å². The number of amides is 2. The highest BCUT2D eigenvalue weighted by Gasteiger charge is 2.14. The number of primary amides is 1. The van der Waals surface area contributed by atoms with Gasteiger partial charge in [-0.2, -0.15) is 4.99 Å². The summed E-state index contributed by atoms with van der Waals surface area (Å²) in [5.41, 5.74) is 12.0. The molecule has 92 valence electrons. The van der Waals surface area contributed by atoms with Crippen molar-refractivity contribution in [3.8, 4) is 0 Å². The fourth-order valence-electron chi connectivity index (χ4n) is 1.42. The topological polar surface area (TPSA) is 84.7 Å². The van der Waals surface area contributed by atoms with Crippen LogP contribution in [0.5, 0.6) is 0 Å². The predicted molar refractivity (Wildman–Crippen MR) is 70.8 cm³/mol. The number of carbonyl (C=O) groups is 1. The molecule has 1 aromatic carbocycles. The second-order valence-electron chi connectivity index (χ2n) is 3.42. The summed E-state index contributed by atoms with van der Waals surface area (Å²) in [6.45, 7) is 1.82. The summed E-state index contributed by atoms with van der Waals surface area (Å²) < 4.78 is 0. The van der Waals surface area contributed by atoms with Crippen molar-refractivity contribution in [2.45, 2.75) is 6.92 Å². The van der Waals surface area contributed by atoms with Crippen LogP contribution < -0.4 is 16.4 Å². The molecule has 0 heterocycles. The SMILES string of the molecule is Cc1cc(Cl)cc(Cl)c1N(C)/C(N)=N\C(N)=O. The molecule has 0 atom stereocenters. The molecule has 0 unspecified atom stereocenters. The van der Waals surface area contributed by atoms with E-state index in [9.17, 15) is 4.79 Å². The fraction of sp³-hybridized carbons (Fsp3) is 0.200. The summed E-state index contributed by atoms with van der Waals surface area (Å²) in [5.74, 6) is -0.0372.